The van der Waals surface area contributed by atoms with Crippen molar-refractivity contribution in [1.29, 1.82) is 0 Å². The summed E-state index contributed by atoms with van der Waals surface area (Å²) < 4.78 is 12.0. The molecule has 2 heterocycles. The lowest BCUT2D eigenvalue weighted by Gasteiger charge is -2.54. The lowest BCUT2D eigenvalue weighted by Crippen LogP contribution is -2.57. The summed E-state index contributed by atoms with van der Waals surface area (Å²) in [5.74, 6) is 1.94. The normalized spacial score (nSPS) is 42.9. The fraction of sp³-hybridized carbons (Fsp3) is 0.667. The van der Waals surface area contributed by atoms with Crippen LogP contribution in [0.1, 0.15) is 32.1 Å². The zero-order valence-corrected chi connectivity index (χ0v) is 13.3. The van der Waals surface area contributed by atoms with Crippen molar-refractivity contribution < 1.29 is 14.6 Å². The molecule has 4 nitrogen and oxygen atoms in total. The molecule has 0 radical (unpaired) electrons. The molecule has 0 saturated carbocycles. The van der Waals surface area contributed by atoms with Crippen molar-refractivity contribution in [2.75, 3.05) is 20.7 Å². The molecule has 4 atom stereocenters. The molecule has 22 heavy (non-hydrogen) atoms. The number of methoxy groups -OCH3 is 1. The number of rotatable bonds is 1. The first-order valence-corrected chi connectivity index (χ1v) is 8.42. The number of ether oxygens (including phenoxy) is 2. The van der Waals surface area contributed by atoms with Crippen molar-refractivity contribution in [3.05, 3.63) is 34.3 Å². The van der Waals surface area contributed by atoms with Crippen LogP contribution < -0.4 is 0 Å². The molecular formula is C18H23NO3. The number of piperidine rings is 1. The van der Waals surface area contributed by atoms with Gasteiger partial charge < -0.3 is 14.6 Å². The van der Waals surface area contributed by atoms with Crippen LogP contribution in [0.5, 0.6) is 0 Å². The molecule has 1 N–H and O–H groups in total. The maximum atomic E-state index is 10.6. The van der Waals surface area contributed by atoms with Gasteiger partial charge in [-0.2, -0.15) is 0 Å². The highest BCUT2D eigenvalue weighted by Crippen LogP contribution is 2.65. The lowest BCUT2D eigenvalue weighted by molar-refractivity contribution is -0.0478. The smallest absolute Gasteiger partial charge is 0.161 e. The van der Waals surface area contributed by atoms with E-state index in [-0.39, 0.29) is 11.5 Å². The van der Waals surface area contributed by atoms with Crippen LogP contribution in [0.25, 0.3) is 0 Å². The standard InChI is InChI=1S/C18H23NO3/c1-19-8-7-18-11-4-5-13(20)17(18)22-16-14(21-2)6-3-10(15(16)18)9-12(11)19/h4,12-13,17,20H,3,5-9H2,1-2H3/t12-,13+,17+,18+/m1/s1. The topological polar surface area (TPSA) is 41.9 Å². The Kier molecular flexibility index (Phi) is 2.51. The van der Waals surface area contributed by atoms with E-state index in [4.69, 9.17) is 9.47 Å². The lowest BCUT2D eigenvalue weighted by atomic mass is 9.55. The predicted octanol–water partition coefficient (Wildman–Crippen LogP) is 2.12. The molecule has 5 aliphatic rings. The number of likely N-dealkylation sites (N-methyl/N-ethyl adjacent to an activating group) is 1. The highest BCUT2D eigenvalue weighted by atomic mass is 16.5. The first-order valence-electron chi connectivity index (χ1n) is 8.42. The molecule has 1 spiro atoms. The molecule has 2 bridgehead atoms. The summed E-state index contributed by atoms with van der Waals surface area (Å²) in [4.78, 5) is 2.49. The van der Waals surface area contributed by atoms with E-state index < -0.39 is 6.10 Å². The van der Waals surface area contributed by atoms with Crippen LogP contribution in [0.2, 0.25) is 0 Å². The Morgan fingerprint density at radius 1 is 1.41 bits per heavy atom. The van der Waals surface area contributed by atoms with Gasteiger partial charge in [-0.1, -0.05) is 11.6 Å². The zero-order valence-electron chi connectivity index (χ0n) is 13.3. The molecular weight excluding hydrogens is 278 g/mol. The van der Waals surface area contributed by atoms with E-state index in [9.17, 15) is 5.11 Å². The van der Waals surface area contributed by atoms with E-state index in [0.29, 0.717) is 12.5 Å². The highest BCUT2D eigenvalue weighted by Gasteiger charge is 2.64. The summed E-state index contributed by atoms with van der Waals surface area (Å²) >= 11 is 0. The summed E-state index contributed by atoms with van der Waals surface area (Å²) in [6.45, 7) is 1.07. The summed E-state index contributed by atoms with van der Waals surface area (Å²) in [6.07, 6.45) is 6.66. The van der Waals surface area contributed by atoms with E-state index in [1.165, 1.54) is 11.1 Å². The van der Waals surface area contributed by atoms with E-state index in [0.717, 1.165) is 43.7 Å². The van der Waals surface area contributed by atoms with Gasteiger partial charge in [-0.25, -0.2) is 0 Å². The molecule has 0 aromatic rings. The Morgan fingerprint density at radius 2 is 2.27 bits per heavy atom. The molecule has 2 aliphatic heterocycles. The van der Waals surface area contributed by atoms with E-state index in [1.807, 2.05) is 0 Å². The van der Waals surface area contributed by atoms with Gasteiger partial charge in [-0.3, -0.25) is 4.90 Å². The number of aliphatic hydroxyl groups is 1. The van der Waals surface area contributed by atoms with Gasteiger partial charge in [0.05, 0.1) is 18.6 Å². The molecule has 2 saturated heterocycles. The highest BCUT2D eigenvalue weighted by molar-refractivity contribution is 5.58. The van der Waals surface area contributed by atoms with Gasteiger partial charge in [-0.05, 0) is 44.8 Å². The maximum Gasteiger partial charge on any atom is 0.161 e. The first kappa shape index (κ1) is 13.2. The number of aliphatic hydroxyl groups excluding tert-OH is 1. The molecule has 5 rings (SSSR count). The second kappa shape index (κ2) is 4.18. The van der Waals surface area contributed by atoms with Gasteiger partial charge >= 0.3 is 0 Å². The quantitative estimate of drug-likeness (QED) is 0.753. The Labute approximate surface area is 131 Å². The molecule has 0 unspecified atom stereocenters. The minimum atomic E-state index is -0.407. The van der Waals surface area contributed by atoms with Gasteiger partial charge in [0.2, 0.25) is 0 Å². The van der Waals surface area contributed by atoms with Crippen LogP contribution in [0.15, 0.2) is 34.3 Å². The van der Waals surface area contributed by atoms with Gasteiger partial charge in [-0.15, -0.1) is 0 Å². The number of allylic oxidation sites excluding steroid dienone is 2. The van der Waals surface area contributed by atoms with Gasteiger partial charge in [0, 0.05) is 18.0 Å². The van der Waals surface area contributed by atoms with Crippen LogP contribution in [0.4, 0.5) is 0 Å². The molecule has 0 amide bonds. The Balaban J connectivity index is 1.80. The summed E-state index contributed by atoms with van der Waals surface area (Å²) in [7, 11) is 3.98. The Morgan fingerprint density at radius 3 is 3.09 bits per heavy atom. The second-order valence-electron chi connectivity index (χ2n) is 7.36. The SMILES string of the molecule is COC1=C2O[C@H]3[C@@H](O)CC=C4[C@H]5CC(=C2[C@]43CCN5C)CC1. The Hall–Kier alpha value is -1.26. The van der Waals surface area contributed by atoms with Crippen molar-refractivity contribution in [2.45, 2.75) is 50.4 Å². The third-order valence-corrected chi connectivity index (χ3v) is 6.54. The molecule has 2 fully saturated rings. The van der Waals surface area contributed by atoms with Gasteiger partial charge in [0.1, 0.15) is 11.9 Å². The second-order valence-corrected chi connectivity index (χ2v) is 7.36. The monoisotopic (exact) mass is 301 g/mol. The van der Waals surface area contributed by atoms with Crippen LogP contribution >= 0.6 is 0 Å². The van der Waals surface area contributed by atoms with E-state index in [2.05, 4.69) is 18.0 Å². The fourth-order valence-electron chi connectivity index (χ4n) is 5.57. The zero-order chi connectivity index (χ0) is 15.1. The van der Waals surface area contributed by atoms with Gasteiger partial charge in [0.25, 0.3) is 0 Å². The number of hydrogen-bond donors (Lipinski definition) is 1. The van der Waals surface area contributed by atoms with Crippen molar-refractivity contribution in [1.82, 2.24) is 4.90 Å². The van der Waals surface area contributed by atoms with Crippen LogP contribution in [0.3, 0.4) is 0 Å². The minimum absolute atomic E-state index is 0.0814. The van der Waals surface area contributed by atoms with Crippen molar-refractivity contribution in [3.63, 3.8) is 0 Å². The van der Waals surface area contributed by atoms with Gasteiger partial charge in [0.15, 0.2) is 5.76 Å². The average molecular weight is 301 g/mol. The molecule has 3 aliphatic carbocycles. The average Bonchev–Trinajstić information content (AvgIpc) is 2.88. The minimum Gasteiger partial charge on any atom is -0.497 e. The van der Waals surface area contributed by atoms with E-state index in [1.54, 1.807) is 12.7 Å². The molecule has 4 heteroatoms. The van der Waals surface area contributed by atoms with E-state index >= 15 is 0 Å². The number of hydrogen-bond acceptors (Lipinski definition) is 4. The third-order valence-electron chi connectivity index (χ3n) is 6.54. The van der Waals surface area contributed by atoms with Crippen LogP contribution in [0, 0.1) is 5.41 Å². The van der Waals surface area contributed by atoms with Crippen molar-refractivity contribution in [3.8, 4) is 0 Å². The summed E-state index contributed by atoms with van der Waals surface area (Å²) in [5.41, 5.74) is 4.35. The van der Waals surface area contributed by atoms with Crippen molar-refractivity contribution in [2.24, 2.45) is 5.41 Å². The first-order chi connectivity index (χ1) is 10.7. The Bertz CT molecular complexity index is 647. The number of nitrogens with zero attached hydrogens (tertiary/aromatic N) is 1. The molecule has 0 aromatic carbocycles. The predicted molar refractivity (Wildman–Crippen MR) is 82.0 cm³/mol. The van der Waals surface area contributed by atoms with Crippen LogP contribution in [-0.2, 0) is 9.47 Å². The fourth-order valence-corrected chi connectivity index (χ4v) is 5.57. The molecule has 118 valence electrons. The molecule has 0 aromatic heterocycles. The largest absolute Gasteiger partial charge is 0.497 e. The maximum absolute atomic E-state index is 10.6. The number of likely N-dealkylation sites (tertiary alicyclic amines) is 1. The summed E-state index contributed by atoms with van der Waals surface area (Å²) in [5, 5.41) is 10.6. The third kappa shape index (κ3) is 1.32. The van der Waals surface area contributed by atoms with Crippen molar-refractivity contribution >= 4 is 0 Å². The van der Waals surface area contributed by atoms with Crippen LogP contribution in [-0.4, -0.2) is 49.0 Å². The summed E-state index contributed by atoms with van der Waals surface area (Å²) in [6, 6.07) is 0.495.